The number of nitrogens with one attached hydrogen (secondary N) is 2. The molecule has 0 radical (unpaired) electrons. The van der Waals surface area contributed by atoms with Crippen molar-refractivity contribution in [2.45, 2.75) is 13.3 Å². The molecule has 0 aliphatic carbocycles. The second-order valence-electron chi connectivity index (χ2n) is 2.21. The summed E-state index contributed by atoms with van der Waals surface area (Å²) in [6.45, 7) is 6.30. The lowest BCUT2D eigenvalue weighted by Crippen LogP contribution is -2.33. The molecule has 0 spiro atoms. The Bertz CT molecular complexity index is 132. The van der Waals surface area contributed by atoms with Crippen molar-refractivity contribution in [1.82, 2.24) is 10.6 Å². The van der Waals surface area contributed by atoms with Crippen LogP contribution in [0.15, 0.2) is 12.2 Å². The second kappa shape index (κ2) is 4.85. The standard InChI is InChI=1S/C7H14N2O/c1-6(2)4-5-9-7(10)8-3/h1,4-5H2,2-3H3,(H2,8,9,10). The maximum absolute atomic E-state index is 10.5. The first-order valence-electron chi connectivity index (χ1n) is 3.26. The van der Waals surface area contributed by atoms with Gasteiger partial charge < -0.3 is 10.6 Å². The van der Waals surface area contributed by atoms with Gasteiger partial charge in [0.15, 0.2) is 0 Å². The first kappa shape index (κ1) is 9.01. The summed E-state index contributed by atoms with van der Waals surface area (Å²) in [5.41, 5.74) is 1.08. The molecule has 3 nitrogen and oxygen atoms in total. The fraction of sp³-hybridized carbons (Fsp3) is 0.571. The molecule has 2 amide bonds. The van der Waals surface area contributed by atoms with Gasteiger partial charge in [0.25, 0.3) is 0 Å². The van der Waals surface area contributed by atoms with Gasteiger partial charge in [-0.3, -0.25) is 0 Å². The van der Waals surface area contributed by atoms with Gasteiger partial charge in [-0.15, -0.1) is 6.58 Å². The molecule has 0 aliphatic rings. The highest BCUT2D eigenvalue weighted by molar-refractivity contribution is 5.73. The Kier molecular flexibility index (Phi) is 4.37. The number of carbonyl (C=O) groups excluding carboxylic acids is 1. The predicted molar refractivity (Wildman–Crippen MR) is 41.9 cm³/mol. The van der Waals surface area contributed by atoms with Crippen molar-refractivity contribution >= 4 is 6.03 Å². The summed E-state index contributed by atoms with van der Waals surface area (Å²) in [6, 6.07) is -0.138. The molecule has 0 bridgehead atoms. The van der Waals surface area contributed by atoms with Gasteiger partial charge in [0.05, 0.1) is 0 Å². The summed E-state index contributed by atoms with van der Waals surface area (Å²) >= 11 is 0. The summed E-state index contributed by atoms with van der Waals surface area (Å²) < 4.78 is 0. The molecule has 0 rings (SSSR count). The van der Waals surface area contributed by atoms with Crippen LogP contribution in [-0.2, 0) is 0 Å². The number of urea groups is 1. The van der Waals surface area contributed by atoms with E-state index in [0.717, 1.165) is 12.0 Å². The molecule has 58 valence electrons. The van der Waals surface area contributed by atoms with Crippen LogP contribution in [0, 0.1) is 0 Å². The molecule has 0 fully saturated rings. The summed E-state index contributed by atoms with van der Waals surface area (Å²) in [7, 11) is 1.59. The lowest BCUT2D eigenvalue weighted by molar-refractivity contribution is 0.243. The van der Waals surface area contributed by atoms with Crippen molar-refractivity contribution in [1.29, 1.82) is 0 Å². The molecule has 0 heterocycles. The van der Waals surface area contributed by atoms with Gasteiger partial charge in [-0.2, -0.15) is 0 Å². The molecule has 0 aromatic rings. The molecule has 0 aromatic carbocycles. The summed E-state index contributed by atoms with van der Waals surface area (Å²) in [5.74, 6) is 0. The van der Waals surface area contributed by atoms with Crippen molar-refractivity contribution in [3.8, 4) is 0 Å². The Hall–Kier alpha value is -0.990. The van der Waals surface area contributed by atoms with Crippen LogP contribution in [0.1, 0.15) is 13.3 Å². The van der Waals surface area contributed by atoms with Crippen LogP contribution in [0.3, 0.4) is 0 Å². The zero-order chi connectivity index (χ0) is 7.98. The highest BCUT2D eigenvalue weighted by atomic mass is 16.2. The summed E-state index contributed by atoms with van der Waals surface area (Å²) in [4.78, 5) is 10.5. The van der Waals surface area contributed by atoms with Gasteiger partial charge in [-0.25, -0.2) is 4.79 Å². The number of rotatable bonds is 3. The molecule has 10 heavy (non-hydrogen) atoms. The van der Waals surface area contributed by atoms with E-state index in [2.05, 4.69) is 17.2 Å². The normalized spacial score (nSPS) is 8.60. The van der Waals surface area contributed by atoms with Crippen LogP contribution >= 0.6 is 0 Å². The number of hydrogen-bond donors (Lipinski definition) is 2. The fourth-order valence-electron chi connectivity index (χ4n) is 0.478. The van der Waals surface area contributed by atoms with E-state index in [-0.39, 0.29) is 6.03 Å². The first-order valence-corrected chi connectivity index (χ1v) is 3.26. The third kappa shape index (κ3) is 5.15. The minimum atomic E-state index is -0.138. The number of carbonyl (C=O) groups is 1. The van der Waals surface area contributed by atoms with E-state index < -0.39 is 0 Å². The van der Waals surface area contributed by atoms with Gasteiger partial charge >= 0.3 is 6.03 Å². The zero-order valence-electron chi connectivity index (χ0n) is 6.53. The Morgan fingerprint density at radius 1 is 1.60 bits per heavy atom. The molecular weight excluding hydrogens is 128 g/mol. The summed E-state index contributed by atoms with van der Waals surface area (Å²) in [5, 5.41) is 5.11. The van der Waals surface area contributed by atoms with Crippen molar-refractivity contribution in [3.05, 3.63) is 12.2 Å². The Labute approximate surface area is 61.5 Å². The van der Waals surface area contributed by atoms with Gasteiger partial charge in [0, 0.05) is 13.6 Å². The lowest BCUT2D eigenvalue weighted by atomic mass is 10.2. The third-order valence-corrected chi connectivity index (χ3v) is 1.06. The van der Waals surface area contributed by atoms with Crippen molar-refractivity contribution in [2.24, 2.45) is 0 Å². The van der Waals surface area contributed by atoms with E-state index in [1.807, 2.05) is 6.92 Å². The number of amides is 2. The molecule has 0 atom stereocenters. The summed E-state index contributed by atoms with van der Waals surface area (Å²) in [6.07, 6.45) is 0.841. The van der Waals surface area contributed by atoms with Crippen LogP contribution in [0.25, 0.3) is 0 Å². The Morgan fingerprint density at radius 3 is 2.60 bits per heavy atom. The van der Waals surface area contributed by atoms with E-state index in [9.17, 15) is 4.79 Å². The predicted octanol–water partition coefficient (Wildman–Crippen LogP) is 0.882. The molecule has 3 heteroatoms. The molecule has 0 saturated carbocycles. The minimum absolute atomic E-state index is 0.138. The van der Waals surface area contributed by atoms with Crippen LogP contribution in [0.2, 0.25) is 0 Å². The van der Waals surface area contributed by atoms with Crippen molar-refractivity contribution in [2.75, 3.05) is 13.6 Å². The molecule has 2 N–H and O–H groups in total. The third-order valence-electron chi connectivity index (χ3n) is 1.06. The average molecular weight is 142 g/mol. The average Bonchev–Trinajstić information content (AvgIpc) is 1.87. The highest BCUT2D eigenvalue weighted by Crippen LogP contribution is 1.91. The monoisotopic (exact) mass is 142 g/mol. The van der Waals surface area contributed by atoms with E-state index >= 15 is 0 Å². The van der Waals surface area contributed by atoms with Gasteiger partial charge in [0.2, 0.25) is 0 Å². The molecular formula is C7H14N2O. The van der Waals surface area contributed by atoms with Crippen molar-refractivity contribution < 1.29 is 4.79 Å². The quantitative estimate of drug-likeness (QED) is 0.564. The van der Waals surface area contributed by atoms with E-state index in [0.29, 0.717) is 6.54 Å². The fourth-order valence-corrected chi connectivity index (χ4v) is 0.478. The smallest absolute Gasteiger partial charge is 0.314 e. The highest BCUT2D eigenvalue weighted by Gasteiger charge is 1.92. The van der Waals surface area contributed by atoms with Crippen LogP contribution in [0.5, 0.6) is 0 Å². The van der Waals surface area contributed by atoms with Crippen LogP contribution in [0.4, 0.5) is 4.79 Å². The van der Waals surface area contributed by atoms with Gasteiger partial charge in [-0.1, -0.05) is 5.57 Å². The SMILES string of the molecule is C=C(C)CCNC(=O)NC. The zero-order valence-corrected chi connectivity index (χ0v) is 6.53. The van der Waals surface area contributed by atoms with Gasteiger partial charge in [0.1, 0.15) is 0 Å². The molecule has 0 aliphatic heterocycles. The largest absolute Gasteiger partial charge is 0.341 e. The minimum Gasteiger partial charge on any atom is -0.341 e. The van der Waals surface area contributed by atoms with Crippen molar-refractivity contribution in [3.63, 3.8) is 0 Å². The molecule has 0 aromatic heterocycles. The maximum atomic E-state index is 10.5. The topological polar surface area (TPSA) is 41.1 Å². The van der Waals surface area contributed by atoms with E-state index in [4.69, 9.17) is 0 Å². The van der Waals surface area contributed by atoms with Crippen LogP contribution in [-0.4, -0.2) is 19.6 Å². The van der Waals surface area contributed by atoms with E-state index in [1.54, 1.807) is 7.05 Å². The first-order chi connectivity index (χ1) is 4.66. The molecule has 0 saturated heterocycles. The lowest BCUT2D eigenvalue weighted by Gasteiger charge is -2.02. The molecule has 0 unspecified atom stereocenters. The number of hydrogen-bond acceptors (Lipinski definition) is 1. The van der Waals surface area contributed by atoms with E-state index in [1.165, 1.54) is 0 Å². The maximum Gasteiger partial charge on any atom is 0.314 e. The second-order valence-corrected chi connectivity index (χ2v) is 2.21. The Morgan fingerprint density at radius 2 is 2.20 bits per heavy atom. The van der Waals surface area contributed by atoms with Crippen LogP contribution < -0.4 is 10.6 Å². The van der Waals surface area contributed by atoms with Gasteiger partial charge in [-0.05, 0) is 13.3 Å². The Balaban J connectivity index is 3.20.